The summed E-state index contributed by atoms with van der Waals surface area (Å²) >= 11 is 0. The molecule has 0 radical (unpaired) electrons. The second-order valence-electron chi connectivity index (χ2n) is 4.50. The van der Waals surface area contributed by atoms with E-state index in [0.717, 1.165) is 12.8 Å². The molecule has 17 heavy (non-hydrogen) atoms. The molecule has 1 heterocycles. The molecule has 2 rings (SSSR count). The minimum absolute atomic E-state index is 0.119. The first-order valence-corrected chi connectivity index (χ1v) is 6.22. The maximum absolute atomic E-state index is 13.7. The molecule has 1 aliphatic heterocycles. The fourth-order valence-electron chi connectivity index (χ4n) is 2.36. The van der Waals surface area contributed by atoms with E-state index in [1.165, 1.54) is 6.07 Å². The lowest BCUT2D eigenvalue weighted by Gasteiger charge is -2.25. The van der Waals surface area contributed by atoms with Gasteiger partial charge in [0.2, 0.25) is 0 Å². The molecular formula is C14H19FO2. The molecule has 0 bridgehead atoms. The third-order valence-electron chi connectivity index (χ3n) is 3.46. The van der Waals surface area contributed by atoms with Crippen molar-refractivity contribution in [3.8, 4) is 0 Å². The molecule has 0 amide bonds. The standard InChI is InChI=1S/C14H19FO2/c1-4-14(5-2)16-10(3)13(17-14)11-8-6-7-9-12(11)15/h6-10,13H,4-5H2,1-3H3/t10-,13-/m1/s1. The van der Waals surface area contributed by atoms with Gasteiger partial charge in [-0.15, -0.1) is 0 Å². The summed E-state index contributed by atoms with van der Waals surface area (Å²) in [4.78, 5) is 0. The number of ether oxygens (including phenoxy) is 2. The highest BCUT2D eigenvalue weighted by Crippen LogP contribution is 2.42. The van der Waals surface area contributed by atoms with Crippen molar-refractivity contribution < 1.29 is 13.9 Å². The fraction of sp³-hybridized carbons (Fsp3) is 0.571. The molecule has 94 valence electrons. The lowest BCUT2D eigenvalue weighted by atomic mass is 10.1. The number of benzene rings is 1. The average molecular weight is 238 g/mol. The van der Waals surface area contributed by atoms with Crippen molar-refractivity contribution in [2.75, 3.05) is 0 Å². The van der Waals surface area contributed by atoms with Gasteiger partial charge in [0.15, 0.2) is 5.79 Å². The van der Waals surface area contributed by atoms with Crippen molar-refractivity contribution >= 4 is 0 Å². The smallest absolute Gasteiger partial charge is 0.169 e. The van der Waals surface area contributed by atoms with Crippen LogP contribution in [0.15, 0.2) is 24.3 Å². The zero-order chi connectivity index (χ0) is 12.5. The second kappa shape index (κ2) is 4.75. The van der Waals surface area contributed by atoms with Gasteiger partial charge in [-0.2, -0.15) is 0 Å². The number of hydrogen-bond acceptors (Lipinski definition) is 2. The summed E-state index contributed by atoms with van der Waals surface area (Å²) in [6, 6.07) is 6.74. The molecule has 1 aromatic rings. The van der Waals surface area contributed by atoms with Crippen LogP contribution in [0.2, 0.25) is 0 Å². The van der Waals surface area contributed by atoms with E-state index in [-0.39, 0.29) is 18.0 Å². The average Bonchev–Trinajstić information content (AvgIpc) is 2.68. The Hall–Kier alpha value is -0.930. The minimum atomic E-state index is -0.549. The molecule has 0 aromatic heterocycles. The Morgan fingerprint density at radius 2 is 1.82 bits per heavy atom. The number of halogens is 1. The largest absolute Gasteiger partial charge is 0.344 e. The first-order chi connectivity index (χ1) is 8.12. The Balaban J connectivity index is 2.27. The Kier molecular flexibility index (Phi) is 3.50. The van der Waals surface area contributed by atoms with E-state index < -0.39 is 5.79 Å². The van der Waals surface area contributed by atoms with Gasteiger partial charge in [0.05, 0.1) is 6.10 Å². The van der Waals surface area contributed by atoms with E-state index in [1.807, 2.05) is 26.8 Å². The van der Waals surface area contributed by atoms with E-state index >= 15 is 0 Å². The molecule has 0 N–H and O–H groups in total. The van der Waals surface area contributed by atoms with Crippen LogP contribution in [0.3, 0.4) is 0 Å². The molecule has 1 aliphatic rings. The quantitative estimate of drug-likeness (QED) is 0.797. The predicted molar refractivity (Wildman–Crippen MR) is 64.1 cm³/mol. The first kappa shape index (κ1) is 12.5. The van der Waals surface area contributed by atoms with Crippen LogP contribution in [-0.2, 0) is 9.47 Å². The van der Waals surface area contributed by atoms with Crippen LogP contribution in [0.5, 0.6) is 0 Å². The summed E-state index contributed by atoms with van der Waals surface area (Å²) in [6.07, 6.45) is 1.13. The first-order valence-electron chi connectivity index (χ1n) is 6.22. The molecule has 0 saturated carbocycles. The van der Waals surface area contributed by atoms with Gasteiger partial charge in [0, 0.05) is 5.56 Å². The van der Waals surface area contributed by atoms with Crippen LogP contribution in [0.1, 0.15) is 45.3 Å². The van der Waals surface area contributed by atoms with Crippen molar-refractivity contribution in [2.45, 2.75) is 51.6 Å². The van der Waals surface area contributed by atoms with Crippen molar-refractivity contribution in [3.05, 3.63) is 35.6 Å². The summed E-state index contributed by atoms with van der Waals surface area (Å²) in [7, 11) is 0. The normalized spacial score (nSPS) is 27.3. The Bertz CT molecular complexity index is 388. The maximum atomic E-state index is 13.7. The highest BCUT2D eigenvalue weighted by Gasteiger charge is 2.44. The van der Waals surface area contributed by atoms with Crippen LogP contribution in [0, 0.1) is 5.82 Å². The molecule has 3 heteroatoms. The molecule has 2 atom stereocenters. The van der Waals surface area contributed by atoms with E-state index in [4.69, 9.17) is 9.47 Å². The third-order valence-corrected chi connectivity index (χ3v) is 3.46. The predicted octanol–water partition coefficient (Wildman–Crippen LogP) is 3.82. The molecule has 0 unspecified atom stereocenters. The summed E-state index contributed by atoms with van der Waals surface area (Å²) in [5.74, 6) is -0.775. The van der Waals surface area contributed by atoms with Gasteiger partial charge in [-0.05, 0) is 25.8 Å². The van der Waals surface area contributed by atoms with E-state index in [0.29, 0.717) is 5.56 Å². The summed E-state index contributed by atoms with van der Waals surface area (Å²) in [5.41, 5.74) is 0.587. The molecule has 1 fully saturated rings. The van der Waals surface area contributed by atoms with Crippen molar-refractivity contribution in [2.24, 2.45) is 0 Å². The summed E-state index contributed by atoms with van der Waals surface area (Å²) < 4.78 is 25.6. The van der Waals surface area contributed by atoms with Crippen LogP contribution in [-0.4, -0.2) is 11.9 Å². The van der Waals surface area contributed by atoms with Gasteiger partial charge in [-0.1, -0.05) is 32.0 Å². The monoisotopic (exact) mass is 238 g/mol. The zero-order valence-electron chi connectivity index (χ0n) is 10.6. The van der Waals surface area contributed by atoms with Crippen LogP contribution >= 0.6 is 0 Å². The van der Waals surface area contributed by atoms with E-state index in [9.17, 15) is 4.39 Å². The SMILES string of the molecule is CCC1(CC)O[C@H](C)[C@H](c2ccccc2F)O1. The van der Waals surface area contributed by atoms with Crippen LogP contribution in [0.25, 0.3) is 0 Å². The lowest BCUT2D eigenvalue weighted by Crippen LogP contribution is -2.28. The molecule has 0 aliphatic carbocycles. The summed E-state index contributed by atoms with van der Waals surface area (Å²) in [6.45, 7) is 5.99. The number of hydrogen-bond donors (Lipinski definition) is 0. The third kappa shape index (κ3) is 2.22. The maximum Gasteiger partial charge on any atom is 0.169 e. The van der Waals surface area contributed by atoms with Gasteiger partial charge in [-0.25, -0.2) is 4.39 Å². The summed E-state index contributed by atoms with van der Waals surface area (Å²) in [5, 5.41) is 0. The highest BCUT2D eigenvalue weighted by atomic mass is 19.1. The van der Waals surface area contributed by atoms with Gasteiger partial charge in [0.25, 0.3) is 0 Å². The fourth-order valence-corrected chi connectivity index (χ4v) is 2.36. The van der Waals surface area contributed by atoms with Crippen molar-refractivity contribution in [1.29, 1.82) is 0 Å². The van der Waals surface area contributed by atoms with Crippen LogP contribution < -0.4 is 0 Å². The van der Waals surface area contributed by atoms with Gasteiger partial charge in [-0.3, -0.25) is 0 Å². The van der Waals surface area contributed by atoms with Gasteiger partial charge in [0.1, 0.15) is 11.9 Å². The van der Waals surface area contributed by atoms with Crippen molar-refractivity contribution in [3.63, 3.8) is 0 Å². The van der Waals surface area contributed by atoms with Crippen molar-refractivity contribution in [1.82, 2.24) is 0 Å². The molecule has 1 saturated heterocycles. The topological polar surface area (TPSA) is 18.5 Å². The molecule has 1 aromatic carbocycles. The minimum Gasteiger partial charge on any atom is -0.344 e. The van der Waals surface area contributed by atoms with Gasteiger partial charge < -0.3 is 9.47 Å². The van der Waals surface area contributed by atoms with E-state index in [2.05, 4.69) is 0 Å². The highest BCUT2D eigenvalue weighted by molar-refractivity contribution is 5.21. The molecule has 0 spiro atoms. The zero-order valence-corrected chi connectivity index (χ0v) is 10.6. The Morgan fingerprint density at radius 3 is 2.35 bits per heavy atom. The van der Waals surface area contributed by atoms with E-state index in [1.54, 1.807) is 12.1 Å². The lowest BCUT2D eigenvalue weighted by molar-refractivity contribution is -0.178. The molecule has 2 nitrogen and oxygen atoms in total. The van der Waals surface area contributed by atoms with Crippen LogP contribution in [0.4, 0.5) is 4.39 Å². The Morgan fingerprint density at radius 1 is 1.18 bits per heavy atom. The Labute approximate surface area is 102 Å². The van der Waals surface area contributed by atoms with Gasteiger partial charge >= 0.3 is 0 Å². The molecular weight excluding hydrogens is 219 g/mol. The second-order valence-corrected chi connectivity index (χ2v) is 4.50. The number of rotatable bonds is 3.